The van der Waals surface area contributed by atoms with Crippen molar-refractivity contribution in [2.45, 2.75) is 13.0 Å². The third-order valence-electron chi connectivity index (χ3n) is 4.81. The van der Waals surface area contributed by atoms with Crippen LogP contribution in [-0.2, 0) is 4.79 Å². The summed E-state index contributed by atoms with van der Waals surface area (Å²) in [6.45, 7) is 3.86. The number of anilines is 1. The maximum atomic E-state index is 13.9. The molecular weight excluding hydrogens is 355 g/mol. The largest absolute Gasteiger partial charge is 0.366 e. The van der Waals surface area contributed by atoms with Crippen LogP contribution in [0.5, 0.6) is 0 Å². The second kappa shape index (κ2) is 8.43. The van der Waals surface area contributed by atoms with E-state index in [1.54, 1.807) is 30.0 Å². The second-order valence-electron chi connectivity index (χ2n) is 6.59. The van der Waals surface area contributed by atoms with E-state index in [1.165, 1.54) is 18.2 Å². The molecule has 27 heavy (non-hydrogen) atoms. The van der Waals surface area contributed by atoms with Crippen LogP contribution in [0.3, 0.4) is 0 Å². The fraction of sp³-hybridized carbons (Fsp3) is 0.350. The highest BCUT2D eigenvalue weighted by Crippen LogP contribution is 2.20. The van der Waals surface area contributed by atoms with Crippen molar-refractivity contribution in [2.24, 2.45) is 0 Å². The minimum atomic E-state index is -0.638. The highest BCUT2D eigenvalue weighted by atomic mass is 19.1. The van der Waals surface area contributed by atoms with Crippen molar-refractivity contribution in [2.75, 3.05) is 37.6 Å². The summed E-state index contributed by atoms with van der Waals surface area (Å²) in [7, 11) is 0. The maximum absolute atomic E-state index is 13.9. The standard InChI is InChI=1S/C20H22F3N3O/c1-14(16-7-6-15(21)12-18(16)23)24-13-20(27)26-10-8-25(9-11-26)19-5-3-2-4-17(19)22/h2-7,12,14,24H,8-11,13H2,1H3/t14-/m0/s1. The quantitative estimate of drug-likeness (QED) is 0.870. The Morgan fingerprint density at radius 1 is 1.04 bits per heavy atom. The molecule has 3 rings (SSSR count). The number of carbonyl (C=O) groups excluding carboxylic acids is 1. The molecular formula is C20H22F3N3O. The molecule has 1 N–H and O–H groups in total. The Hall–Kier alpha value is -2.54. The van der Waals surface area contributed by atoms with Gasteiger partial charge in [-0.2, -0.15) is 0 Å². The van der Waals surface area contributed by atoms with Gasteiger partial charge in [-0.15, -0.1) is 0 Å². The molecule has 7 heteroatoms. The molecule has 144 valence electrons. The van der Waals surface area contributed by atoms with Gasteiger partial charge in [0.15, 0.2) is 0 Å². The van der Waals surface area contributed by atoms with Crippen LogP contribution in [0.1, 0.15) is 18.5 Å². The minimum Gasteiger partial charge on any atom is -0.366 e. The van der Waals surface area contributed by atoms with Gasteiger partial charge in [-0.25, -0.2) is 13.2 Å². The number of piperazine rings is 1. The van der Waals surface area contributed by atoms with Crippen LogP contribution < -0.4 is 10.2 Å². The molecule has 2 aromatic rings. The normalized spacial score (nSPS) is 15.7. The highest BCUT2D eigenvalue weighted by Gasteiger charge is 2.23. The first-order valence-corrected chi connectivity index (χ1v) is 8.91. The van der Waals surface area contributed by atoms with Crippen LogP contribution in [-0.4, -0.2) is 43.5 Å². The van der Waals surface area contributed by atoms with Crippen molar-refractivity contribution in [1.29, 1.82) is 0 Å². The van der Waals surface area contributed by atoms with Crippen LogP contribution in [0.15, 0.2) is 42.5 Å². The van der Waals surface area contributed by atoms with E-state index in [0.29, 0.717) is 37.4 Å². The van der Waals surface area contributed by atoms with Gasteiger partial charge in [0, 0.05) is 43.9 Å². The third kappa shape index (κ3) is 4.60. The molecule has 0 unspecified atom stereocenters. The predicted octanol–water partition coefficient (Wildman–Crippen LogP) is 3.10. The van der Waals surface area contributed by atoms with Crippen molar-refractivity contribution >= 4 is 11.6 Å². The highest BCUT2D eigenvalue weighted by molar-refractivity contribution is 5.78. The zero-order chi connectivity index (χ0) is 19.4. The first kappa shape index (κ1) is 19.2. The zero-order valence-corrected chi connectivity index (χ0v) is 15.1. The van der Waals surface area contributed by atoms with E-state index in [9.17, 15) is 18.0 Å². The average molecular weight is 377 g/mol. The second-order valence-corrected chi connectivity index (χ2v) is 6.59. The van der Waals surface area contributed by atoms with Gasteiger partial charge in [0.25, 0.3) is 0 Å². The van der Waals surface area contributed by atoms with Gasteiger partial charge >= 0.3 is 0 Å². The smallest absolute Gasteiger partial charge is 0.236 e. The Balaban J connectivity index is 1.50. The van der Waals surface area contributed by atoms with E-state index in [0.717, 1.165) is 6.07 Å². The molecule has 1 saturated heterocycles. The Bertz CT molecular complexity index is 807. The Labute approximate surface area is 156 Å². The monoisotopic (exact) mass is 377 g/mol. The number of nitrogens with zero attached hydrogens (tertiary/aromatic N) is 2. The number of benzene rings is 2. The lowest BCUT2D eigenvalue weighted by Crippen LogP contribution is -2.51. The fourth-order valence-corrected chi connectivity index (χ4v) is 3.22. The first-order valence-electron chi connectivity index (χ1n) is 8.91. The summed E-state index contributed by atoms with van der Waals surface area (Å²) in [6, 6.07) is 9.57. The minimum absolute atomic E-state index is 0.0533. The van der Waals surface area contributed by atoms with Gasteiger partial charge in [-0.1, -0.05) is 18.2 Å². The van der Waals surface area contributed by atoms with Gasteiger partial charge in [0.2, 0.25) is 5.91 Å². The number of nitrogens with one attached hydrogen (secondary N) is 1. The molecule has 2 aromatic carbocycles. The summed E-state index contributed by atoms with van der Waals surface area (Å²) in [6.07, 6.45) is 0. The number of amides is 1. The van der Waals surface area contributed by atoms with Crippen LogP contribution >= 0.6 is 0 Å². The molecule has 0 saturated carbocycles. The summed E-state index contributed by atoms with van der Waals surface area (Å²) < 4.78 is 40.7. The summed E-state index contributed by atoms with van der Waals surface area (Å²) in [5.41, 5.74) is 0.858. The van der Waals surface area contributed by atoms with E-state index >= 15 is 0 Å². The Morgan fingerprint density at radius 2 is 1.74 bits per heavy atom. The van der Waals surface area contributed by atoms with Gasteiger partial charge in [0.1, 0.15) is 17.5 Å². The average Bonchev–Trinajstić information content (AvgIpc) is 2.66. The van der Waals surface area contributed by atoms with Crippen LogP contribution in [0, 0.1) is 17.5 Å². The summed E-state index contributed by atoms with van der Waals surface area (Å²) in [5, 5.41) is 2.98. The lowest BCUT2D eigenvalue weighted by atomic mass is 10.1. The molecule has 4 nitrogen and oxygen atoms in total. The number of hydrogen-bond acceptors (Lipinski definition) is 3. The van der Waals surface area contributed by atoms with Crippen molar-refractivity contribution in [3.8, 4) is 0 Å². The molecule has 0 spiro atoms. The lowest BCUT2D eigenvalue weighted by molar-refractivity contribution is -0.130. The third-order valence-corrected chi connectivity index (χ3v) is 4.81. The number of para-hydroxylation sites is 1. The SMILES string of the molecule is C[C@H](NCC(=O)N1CCN(c2ccccc2F)CC1)c1ccc(F)cc1F. The topological polar surface area (TPSA) is 35.6 Å². The zero-order valence-electron chi connectivity index (χ0n) is 15.1. The van der Waals surface area contributed by atoms with Crippen molar-refractivity contribution < 1.29 is 18.0 Å². The maximum Gasteiger partial charge on any atom is 0.236 e. The van der Waals surface area contributed by atoms with Crippen molar-refractivity contribution in [1.82, 2.24) is 10.2 Å². The van der Waals surface area contributed by atoms with Gasteiger partial charge in [-0.3, -0.25) is 4.79 Å². The molecule has 1 heterocycles. The molecule has 1 atom stereocenters. The molecule has 0 aromatic heterocycles. The van der Waals surface area contributed by atoms with Crippen molar-refractivity contribution in [3.63, 3.8) is 0 Å². The summed E-state index contributed by atoms with van der Waals surface area (Å²) in [4.78, 5) is 16.0. The van der Waals surface area contributed by atoms with E-state index in [-0.39, 0.29) is 18.3 Å². The van der Waals surface area contributed by atoms with E-state index in [2.05, 4.69) is 5.32 Å². The molecule has 1 aliphatic heterocycles. The molecule has 1 amide bonds. The van der Waals surface area contributed by atoms with E-state index in [1.807, 2.05) is 4.90 Å². The molecule has 0 radical (unpaired) electrons. The predicted molar refractivity (Wildman–Crippen MR) is 98.0 cm³/mol. The fourth-order valence-electron chi connectivity index (χ4n) is 3.22. The molecule has 1 aliphatic rings. The van der Waals surface area contributed by atoms with E-state index in [4.69, 9.17) is 0 Å². The molecule has 0 bridgehead atoms. The summed E-state index contributed by atoms with van der Waals surface area (Å²) in [5.74, 6) is -1.64. The summed E-state index contributed by atoms with van der Waals surface area (Å²) >= 11 is 0. The number of carbonyl (C=O) groups is 1. The van der Waals surface area contributed by atoms with Gasteiger partial charge in [-0.05, 0) is 25.1 Å². The van der Waals surface area contributed by atoms with Crippen LogP contribution in [0.2, 0.25) is 0 Å². The molecule has 1 fully saturated rings. The van der Waals surface area contributed by atoms with Crippen LogP contribution in [0.4, 0.5) is 18.9 Å². The Morgan fingerprint density at radius 3 is 2.41 bits per heavy atom. The number of hydrogen-bond donors (Lipinski definition) is 1. The van der Waals surface area contributed by atoms with Gasteiger partial charge in [0.05, 0.1) is 12.2 Å². The first-order chi connectivity index (χ1) is 13.0. The lowest BCUT2D eigenvalue weighted by Gasteiger charge is -2.36. The number of halogens is 3. The molecule has 0 aliphatic carbocycles. The van der Waals surface area contributed by atoms with Crippen LogP contribution in [0.25, 0.3) is 0 Å². The Kier molecular flexibility index (Phi) is 6.01. The van der Waals surface area contributed by atoms with Gasteiger partial charge < -0.3 is 15.1 Å². The number of rotatable bonds is 5. The van der Waals surface area contributed by atoms with E-state index < -0.39 is 17.7 Å². The van der Waals surface area contributed by atoms with Crippen molar-refractivity contribution in [3.05, 3.63) is 65.5 Å².